The van der Waals surface area contributed by atoms with E-state index in [-0.39, 0.29) is 12.2 Å². The van der Waals surface area contributed by atoms with Crippen molar-refractivity contribution in [3.05, 3.63) is 36.3 Å². The van der Waals surface area contributed by atoms with Crippen LogP contribution in [0, 0.1) is 5.92 Å². The van der Waals surface area contributed by atoms with E-state index >= 15 is 0 Å². The Hall–Kier alpha value is -3.17. The van der Waals surface area contributed by atoms with Crippen molar-refractivity contribution in [1.82, 2.24) is 20.1 Å². The number of nitrogens with two attached hydrogens (primary N) is 1. The quantitative estimate of drug-likeness (QED) is 0.493. The number of rotatable bonds is 8. The maximum absolute atomic E-state index is 12.4. The van der Waals surface area contributed by atoms with E-state index in [1.807, 2.05) is 37.0 Å². The second kappa shape index (κ2) is 10.8. The number of carbonyl (C=O) groups is 1. The van der Waals surface area contributed by atoms with Gasteiger partial charge in [-0.25, -0.2) is 4.98 Å². The van der Waals surface area contributed by atoms with Crippen molar-refractivity contribution in [2.45, 2.75) is 58.3 Å². The molecule has 0 bridgehead atoms. The van der Waals surface area contributed by atoms with Gasteiger partial charge in [0.15, 0.2) is 0 Å². The minimum Gasteiger partial charge on any atom is -0.490 e. The lowest BCUT2D eigenvalue weighted by Gasteiger charge is -2.24. The van der Waals surface area contributed by atoms with E-state index in [4.69, 9.17) is 24.9 Å². The minimum absolute atomic E-state index is 0.0350. The number of piperidine rings is 1. The van der Waals surface area contributed by atoms with Crippen molar-refractivity contribution < 1.29 is 19.0 Å². The number of amides is 1. The summed E-state index contributed by atoms with van der Waals surface area (Å²) in [5.41, 5.74) is 7.90. The molecule has 0 saturated carbocycles. The second-order valence-electron chi connectivity index (χ2n) is 9.99. The molecule has 2 fully saturated rings. The molecule has 9 nitrogen and oxygen atoms in total. The normalized spacial score (nSPS) is 19.0. The molecule has 1 amide bonds. The fraction of sp³-hybridized carbons (Fsp3) is 0.519. The van der Waals surface area contributed by atoms with E-state index in [0.29, 0.717) is 23.1 Å². The number of pyridine rings is 1. The predicted octanol–water partition coefficient (Wildman–Crippen LogP) is 3.54. The molecule has 36 heavy (non-hydrogen) atoms. The number of hydrogen-bond donors (Lipinski definition) is 2. The van der Waals surface area contributed by atoms with E-state index in [0.717, 1.165) is 80.4 Å². The van der Waals surface area contributed by atoms with Gasteiger partial charge in [-0.2, -0.15) is 5.10 Å². The van der Waals surface area contributed by atoms with Gasteiger partial charge in [0.05, 0.1) is 17.9 Å². The molecule has 5 rings (SSSR count). The third-order valence-corrected chi connectivity index (χ3v) is 6.84. The molecule has 2 aromatic heterocycles. The molecular weight excluding hydrogens is 458 g/mol. The van der Waals surface area contributed by atoms with Crippen molar-refractivity contribution in [1.29, 1.82) is 0 Å². The van der Waals surface area contributed by atoms with Crippen molar-refractivity contribution >= 4 is 16.7 Å². The third-order valence-electron chi connectivity index (χ3n) is 6.84. The number of nitrogens with zero attached hydrogens (tertiary/aromatic N) is 3. The number of fused-ring (bicyclic) bond motifs is 1. The zero-order valence-electron chi connectivity index (χ0n) is 21.0. The first-order valence-electron chi connectivity index (χ1n) is 12.9. The summed E-state index contributed by atoms with van der Waals surface area (Å²) in [6.45, 7) is 8.08. The maximum Gasteiger partial charge on any atom is 0.252 e. The summed E-state index contributed by atoms with van der Waals surface area (Å²) < 4.78 is 19.8. The highest BCUT2D eigenvalue weighted by molar-refractivity contribution is 6.06. The lowest BCUT2D eigenvalue weighted by atomic mass is 9.99. The second-order valence-corrected chi connectivity index (χ2v) is 9.99. The van der Waals surface area contributed by atoms with Gasteiger partial charge in [-0.3, -0.25) is 9.48 Å². The number of hydrogen-bond acceptors (Lipinski definition) is 7. The van der Waals surface area contributed by atoms with E-state index in [2.05, 4.69) is 10.4 Å². The highest BCUT2D eigenvalue weighted by Gasteiger charge is 2.22. The van der Waals surface area contributed by atoms with E-state index in [1.54, 1.807) is 12.3 Å². The summed E-state index contributed by atoms with van der Waals surface area (Å²) in [5.74, 6) is 0.982. The average molecular weight is 494 g/mol. The molecule has 1 unspecified atom stereocenters. The van der Waals surface area contributed by atoms with Gasteiger partial charge in [0.1, 0.15) is 11.9 Å². The number of carbonyl (C=O) groups excluding carboxylic acids is 1. The summed E-state index contributed by atoms with van der Waals surface area (Å²) in [6, 6.07) is 3.64. The lowest BCUT2D eigenvalue weighted by Crippen LogP contribution is -2.37. The molecule has 2 aliphatic heterocycles. The largest absolute Gasteiger partial charge is 0.490 e. The molecule has 1 aromatic carbocycles. The predicted molar refractivity (Wildman–Crippen MR) is 137 cm³/mol. The number of primary amides is 1. The van der Waals surface area contributed by atoms with E-state index in [9.17, 15) is 4.79 Å². The molecule has 0 aliphatic carbocycles. The van der Waals surface area contributed by atoms with E-state index < -0.39 is 5.91 Å². The zero-order valence-corrected chi connectivity index (χ0v) is 21.0. The van der Waals surface area contributed by atoms with Crippen LogP contribution in [0.1, 0.15) is 49.9 Å². The van der Waals surface area contributed by atoms with E-state index in [1.165, 1.54) is 0 Å². The number of aromatic nitrogens is 3. The van der Waals surface area contributed by atoms with Crippen LogP contribution in [-0.4, -0.2) is 59.2 Å². The SMILES string of the molecule is CC(C)Oc1cc2c(OC3CCCNC3)ncc(-c3cnn(CC4CCOCC4)c3)c2cc1C(N)=O. The molecular formula is C27H35N5O4. The number of nitrogens with one attached hydrogen (secondary N) is 1. The van der Waals surface area contributed by atoms with Crippen molar-refractivity contribution in [3.63, 3.8) is 0 Å². The fourth-order valence-corrected chi connectivity index (χ4v) is 4.98. The van der Waals surface area contributed by atoms with Crippen LogP contribution in [0.25, 0.3) is 21.9 Å². The molecule has 9 heteroatoms. The number of benzene rings is 1. The average Bonchev–Trinajstić information content (AvgIpc) is 3.33. The Labute approximate surface area is 211 Å². The topological polar surface area (TPSA) is 114 Å². The summed E-state index contributed by atoms with van der Waals surface area (Å²) in [6.07, 6.45) is 9.72. The van der Waals surface area contributed by atoms with Crippen molar-refractivity contribution in [2.75, 3.05) is 26.3 Å². The minimum atomic E-state index is -0.538. The molecule has 0 spiro atoms. The molecule has 4 heterocycles. The zero-order chi connectivity index (χ0) is 25.1. The Morgan fingerprint density at radius 3 is 2.78 bits per heavy atom. The molecule has 2 saturated heterocycles. The Balaban J connectivity index is 1.56. The molecule has 192 valence electrons. The Bertz CT molecular complexity index is 1210. The summed E-state index contributed by atoms with van der Waals surface area (Å²) in [7, 11) is 0. The molecule has 3 N–H and O–H groups in total. The van der Waals surface area contributed by atoms with Gasteiger partial charge in [0, 0.05) is 55.2 Å². The van der Waals surface area contributed by atoms with Crippen LogP contribution >= 0.6 is 0 Å². The maximum atomic E-state index is 12.4. The standard InChI is InChI=1S/C27H35N5O4/c1-17(2)35-25-11-22-21(10-23(25)26(28)33)24(14-30-27(22)36-20-4-3-7-29-13-20)19-12-31-32(16-19)15-18-5-8-34-9-6-18/h10-12,14,16-18,20,29H,3-9,13,15H2,1-2H3,(H2,28,33). The first-order chi connectivity index (χ1) is 17.5. The highest BCUT2D eigenvalue weighted by Crippen LogP contribution is 2.38. The van der Waals surface area contributed by atoms with Gasteiger partial charge < -0.3 is 25.3 Å². The van der Waals surface area contributed by atoms with Crippen molar-refractivity contribution in [3.8, 4) is 22.8 Å². The van der Waals surface area contributed by atoms with Gasteiger partial charge in [-0.15, -0.1) is 0 Å². The summed E-state index contributed by atoms with van der Waals surface area (Å²) in [5, 5.41) is 9.62. The first-order valence-corrected chi connectivity index (χ1v) is 12.9. The van der Waals surface area contributed by atoms with Crippen LogP contribution in [-0.2, 0) is 11.3 Å². The molecule has 1 atom stereocenters. The molecule has 0 radical (unpaired) electrons. The van der Waals surface area contributed by atoms with Crippen LogP contribution < -0.4 is 20.5 Å². The van der Waals surface area contributed by atoms with Gasteiger partial charge >= 0.3 is 0 Å². The van der Waals surface area contributed by atoms with Crippen LogP contribution in [0.15, 0.2) is 30.7 Å². The Morgan fingerprint density at radius 2 is 2.06 bits per heavy atom. The molecule has 3 aromatic rings. The first kappa shape index (κ1) is 24.5. The van der Waals surface area contributed by atoms with Gasteiger partial charge in [0.2, 0.25) is 5.88 Å². The van der Waals surface area contributed by atoms with Gasteiger partial charge in [-0.1, -0.05) is 0 Å². The third kappa shape index (κ3) is 5.47. The van der Waals surface area contributed by atoms with Gasteiger partial charge in [-0.05, 0) is 69.5 Å². The molecule has 2 aliphatic rings. The van der Waals surface area contributed by atoms with Crippen LogP contribution in [0.4, 0.5) is 0 Å². The Kier molecular flexibility index (Phi) is 7.38. The van der Waals surface area contributed by atoms with Crippen LogP contribution in [0.2, 0.25) is 0 Å². The summed E-state index contributed by atoms with van der Waals surface area (Å²) in [4.78, 5) is 17.1. The monoisotopic (exact) mass is 493 g/mol. The van der Waals surface area contributed by atoms with Crippen LogP contribution in [0.5, 0.6) is 11.6 Å². The number of ether oxygens (including phenoxy) is 3. The van der Waals surface area contributed by atoms with Crippen LogP contribution in [0.3, 0.4) is 0 Å². The summed E-state index contributed by atoms with van der Waals surface area (Å²) >= 11 is 0. The fourth-order valence-electron chi connectivity index (χ4n) is 4.98. The highest BCUT2D eigenvalue weighted by atomic mass is 16.5. The van der Waals surface area contributed by atoms with Crippen molar-refractivity contribution in [2.24, 2.45) is 11.7 Å². The smallest absolute Gasteiger partial charge is 0.252 e. The Morgan fingerprint density at radius 1 is 1.22 bits per heavy atom. The van der Waals surface area contributed by atoms with Gasteiger partial charge in [0.25, 0.3) is 5.91 Å². The lowest BCUT2D eigenvalue weighted by molar-refractivity contribution is 0.0601.